The monoisotopic (exact) mass is 229 g/mol. The molecule has 0 amide bonds. The maximum absolute atomic E-state index is 5.90. The quantitative estimate of drug-likeness (QED) is 0.604. The number of hydrogen-bond donors (Lipinski definition) is 2. The lowest BCUT2D eigenvalue weighted by Crippen LogP contribution is -2.21. The first kappa shape index (κ1) is 10.9. The maximum Gasteiger partial charge on any atom is 0.190 e. The predicted molar refractivity (Wildman–Crippen MR) is 61.3 cm³/mol. The Morgan fingerprint density at radius 2 is 1.79 bits per heavy atom. The van der Waals surface area contributed by atoms with Crippen molar-refractivity contribution in [1.82, 2.24) is 0 Å². The molecule has 0 saturated heterocycles. The summed E-state index contributed by atoms with van der Waals surface area (Å²) in [5.74, 6) is -0.00979. The summed E-state index contributed by atoms with van der Waals surface area (Å²) in [6.07, 6.45) is 3.09. The minimum atomic E-state index is -0.00979. The molecule has 1 aromatic carbocycles. The Kier molecular flexibility index (Phi) is 3.80. The van der Waals surface area contributed by atoms with Gasteiger partial charge in [0.1, 0.15) is 0 Å². The minimum absolute atomic E-state index is 0.00979. The second-order valence-corrected chi connectivity index (χ2v) is 3.32. The first-order valence-corrected chi connectivity index (χ1v) is 4.56. The van der Waals surface area contributed by atoms with Crippen LogP contribution in [0.2, 0.25) is 10.0 Å². The van der Waals surface area contributed by atoms with Crippen molar-refractivity contribution in [2.24, 2.45) is 16.5 Å². The SMILES string of the molecule is NC(N)=N/C=C/c1c(Cl)cccc1Cl. The van der Waals surface area contributed by atoms with Gasteiger partial charge >= 0.3 is 0 Å². The van der Waals surface area contributed by atoms with Crippen LogP contribution in [0.25, 0.3) is 6.08 Å². The number of rotatable bonds is 2. The molecule has 5 heteroatoms. The van der Waals surface area contributed by atoms with Crippen molar-refractivity contribution in [3.05, 3.63) is 40.0 Å². The third-order valence-electron chi connectivity index (χ3n) is 1.46. The van der Waals surface area contributed by atoms with E-state index in [1.54, 1.807) is 24.3 Å². The summed E-state index contributed by atoms with van der Waals surface area (Å²) in [5, 5.41) is 1.11. The molecule has 0 radical (unpaired) electrons. The van der Waals surface area contributed by atoms with E-state index in [-0.39, 0.29) is 5.96 Å². The van der Waals surface area contributed by atoms with Crippen LogP contribution < -0.4 is 11.5 Å². The summed E-state index contributed by atoms with van der Waals surface area (Å²) >= 11 is 11.8. The van der Waals surface area contributed by atoms with Gasteiger partial charge in [-0.05, 0) is 18.2 Å². The van der Waals surface area contributed by atoms with E-state index in [4.69, 9.17) is 34.7 Å². The van der Waals surface area contributed by atoms with Crippen LogP contribution in [-0.2, 0) is 0 Å². The highest BCUT2D eigenvalue weighted by molar-refractivity contribution is 6.37. The average molecular weight is 230 g/mol. The third kappa shape index (κ3) is 2.94. The van der Waals surface area contributed by atoms with Crippen LogP contribution in [0, 0.1) is 0 Å². The van der Waals surface area contributed by atoms with Gasteiger partial charge in [-0.25, -0.2) is 4.99 Å². The van der Waals surface area contributed by atoms with Gasteiger partial charge in [0.05, 0.1) is 0 Å². The summed E-state index contributed by atoms with van der Waals surface area (Å²) in [7, 11) is 0. The number of halogens is 2. The van der Waals surface area contributed by atoms with E-state index >= 15 is 0 Å². The molecule has 0 bridgehead atoms. The standard InChI is InChI=1S/C9H9Cl2N3/c10-7-2-1-3-8(11)6(7)4-5-14-9(12)13/h1-5H,(H4,12,13,14)/b5-4+. The van der Waals surface area contributed by atoms with Crippen molar-refractivity contribution >= 4 is 35.2 Å². The van der Waals surface area contributed by atoms with E-state index in [0.717, 1.165) is 0 Å². The first-order valence-electron chi connectivity index (χ1n) is 3.80. The van der Waals surface area contributed by atoms with Crippen molar-refractivity contribution in [3.63, 3.8) is 0 Å². The van der Waals surface area contributed by atoms with Gasteiger partial charge in [-0.15, -0.1) is 0 Å². The largest absolute Gasteiger partial charge is 0.370 e. The Bertz CT molecular complexity index is 361. The number of nitrogens with two attached hydrogens (primary N) is 2. The molecule has 0 aliphatic heterocycles. The molecule has 1 aromatic rings. The summed E-state index contributed by atoms with van der Waals surface area (Å²) < 4.78 is 0. The molecule has 4 N–H and O–H groups in total. The van der Waals surface area contributed by atoms with Gasteiger partial charge in [0.25, 0.3) is 0 Å². The molecule has 74 valence electrons. The Labute approximate surface area is 92.0 Å². The lowest BCUT2D eigenvalue weighted by atomic mass is 10.2. The Morgan fingerprint density at radius 1 is 1.21 bits per heavy atom. The maximum atomic E-state index is 5.90. The molecule has 0 aliphatic carbocycles. The van der Waals surface area contributed by atoms with Crippen molar-refractivity contribution in [3.8, 4) is 0 Å². The Morgan fingerprint density at radius 3 is 2.29 bits per heavy atom. The molecule has 0 aliphatic rings. The minimum Gasteiger partial charge on any atom is -0.370 e. The summed E-state index contributed by atoms with van der Waals surface area (Å²) in [4.78, 5) is 3.68. The van der Waals surface area contributed by atoms with Crippen LogP contribution in [0.1, 0.15) is 5.56 Å². The zero-order valence-corrected chi connectivity index (χ0v) is 8.76. The molecule has 0 aromatic heterocycles. The van der Waals surface area contributed by atoms with Gasteiger partial charge in [0.2, 0.25) is 0 Å². The first-order chi connectivity index (χ1) is 6.61. The molecule has 0 fully saturated rings. The van der Waals surface area contributed by atoms with Crippen molar-refractivity contribution in [2.45, 2.75) is 0 Å². The van der Waals surface area contributed by atoms with E-state index in [1.807, 2.05) is 0 Å². The topological polar surface area (TPSA) is 64.4 Å². The number of guanidine groups is 1. The fraction of sp³-hybridized carbons (Fsp3) is 0. The average Bonchev–Trinajstić information content (AvgIpc) is 2.09. The molecule has 3 nitrogen and oxygen atoms in total. The molecule has 0 unspecified atom stereocenters. The number of aliphatic imine (C=N–C) groups is 1. The lowest BCUT2D eigenvalue weighted by molar-refractivity contribution is 1.44. The van der Waals surface area contributed by atoms with Crippen LogP contribution in [0.4, 0.5) is 0 Å². The zero-order chi connectivity index (χ0) is 10.6. The summed E-state index contributed by atoms with van der Waals surface area (Å²) in [6, 6.07) is 5.24. The highest BCUT2D eigenvalue weighted by Crippen LogP contribution is 2.25. The van der Waals surface area contributed by atoms with Gasteiger partial charge in [-0.1, -0.05) is 29.3 Å². The summed E-state index contributed by atoms with van der Waals surface area (Å²) in [6.45, 7) is 0. The van der Waals surface area contributed by atoms with Crippen molar-refractivity contribution in [2.75, 3.05) is 0 Å². The van der Waals surface area contributed by atoms with Crippen LogP contribution in [0.5, 0.6) is 0 Å². The van der Waals surface area contributed by atoms with Crippen molar-refractivity contribution in [1.29, 1.82) is 0 Å². The van der Waals surface area contributed by atoms with Gasteiger partial charge in [-0.2, -0.15) is 0 Å². The Hall–Kier alpha value is -1.19. The molecule has 0 heterocycles. The van der Waals surface area contributed by atoms with Crippen LogP contribution in [-0.4, -0.2) is 5.96 Å². The Balaban J connectivity index is 2.97. The number of nitrogens with zero attached hydrogens (tertiary/aromatic N) is 1. The molecule has 0 atom stereocenters. The normalized spacial score (nSPS) is 10.4. The van der Waals surface area contributed by atoms with Crippen LogP contribution in [0.3, 0.4) is 0 Å². The highest BCUT2D eigenvalue weighted by Gasteiger charge is 1.99. The second-order valence-electron chi connectivity index (χ2n) is 2.51. The molecule has 0 saturated carbocycles. The van der Waals surface area contributed by atoms with E-state index in [1.165, 1.54) is 6.20 Å². The molecule has 1 rings (SSSR count). The second kappa shape index (κ2) is 4.88. The third-order valence-corrected chi connectivity index (χ3v) is 2.12. The number of benzene rings is 1. The van der Waals surface area contributed by atoms with Gasteiger partial charge in [0, 0.05) is 21.8 Å². The fourth-order valence-corrected chi connectivity index (χ4v) is 1.39. The summed E-state index contributed by atoms with van der Waals surface area (Å²) in [5.41, 5.74) is 11.0. The lowest BCUT2D eigenvalue weighted by Gasteiger charge is -1.99. The molecule has 0 spiro atoms. The highest BCUT2D eigenvalue weighted by atomic mass is 35.5. The predicted octanol–water partition coefficient (Wildman–Crippen LogP) is 2.24. The van der Waals surface area contributed by atoms with Gasteiger partial charge in [0.15, 0.2) is 5.96 Å². The van der Waals surface area contributed by atoms with E-state index in [9.17, 15) is 0 Å². The number of hydrogen-bond acceptors (Lipinski definition) is 1. The fourth-order valence-electron chi connectivity index (χ4n) is 0.868. The molecular weight excluding hydrogens is 221 g/mol. The van der Waals surface area contributed by atoms with Crippen LogP contribution in [0.15, 0.2) is 29.4 Å². The molecule has 14 heavy (non-hydrogen) atoms. The van der Waals surface area contributed by atoms with Gasteiger partial charge in [-0.3, -0.25) is 0 Å². The van der Waals surface area contributed by atoms with E-state index < -0.39 is 0 Å². The van der Waals surface area contributed by atoms with Crippen molar-refractivity contribution < 1.29 is 0 Å². The van der Waals surface area contributed by atoms with Gasteiger partial charge < -0.3 is 11.5 Å². The zero-order valence-electron chi connectivity index (χ0n) is 7.24. The van der Waals surface area contributed by atoms with Crippen LogP contribution >= 0.6 is 23.2 Å². The molecular formula is C9H9Cl2N3. The smallest absolute Gasteiger partial charge is 0.190 e. The van der Waals surface area contributed by atoms with E-state index in [2.05, 4.69) is 4.99 Å². The van der Waals surface area contributed by atoms with E-state index in [0.29, 0.717) is 15.6 Å².